The molecule has 0 spiro atoms. The molecule has 2 saturated heterocycles. The van der Waals surface area contributed by atoms with E-state index in [1.165, 1.54) is 12.8 Å². The minimum absolute atomic E-state index is 0.134. The first-order chi connectivity index (χ1) is 11.3. The van der Waals surface area contributed by atoms with Gasteiger partial charge in [-0.2, -0.15) is 5.10 Å². The summed E-state index contributed by atoms with van der Waals surface area (Å²) in [6, 6.07) is 5.85. The Balaban J connectivity index is 1.42. The lowest BCUT2D eigenvalue weighted by Gasteiger charge is -2.37. The van der Waals surface area contributed by atoms with Crippen LogP contribution in [0.1, 0.15) is 36.0 Å². The van der Waals surface area contributed by atoms with Gasteiger partial charge in [-0.1, -0.05) is 6.07 Å². The molecule has 2 aliphatic heterocycles. The van der Waals surface area contributed by atoms with E-state index in [1.807, 2.05) is 29.3 Å². The molecule has 4 rings (SSSR count). The van der Waals surface area contributed by atoms with E-state index < -0.39 is 0 Å². The third kappa shape index (κ3) is 2.85. The molecule has 0 aromatic carbocycles. The van der Waals surface area contributed by atoms with E-state index in [0.717, 1.165) is 61.9 Å². The highest BCUT2D eigenvalue weighted by molar-refractivity contribution is 6.00. The van der Waals surface area contributed by atoms with Gasteiger partial charge in [-0.05, 0) is 62.7 Å². The number of fused-ring (bicyclic) bond motifs is 1. The molecular formula is C18H24N4O. The monoisotopic (exact) mass is 312 g/mol. The maximum atomic E-state index is 12.8. The molecule has 0 aliphatic carbocycles. The van der Waals surface area contributed by atoms with Crippen LogP contribution in [0.2, 0.25) is 0 Å². The summed E-state index contributed by atoms with van der Waals surface area (Å²) in [4.78, 5) is 14.8. The van der Waals surface area contributed by atoms with Crippen LogP contribution in [0.25, 0.3) is 5.52 Å². The van der Waals surface area contributed by atoms with Gasteiger partial charge in [0.2, 0.25) is 0 Å². The average molecular weight is 312 g/mol. The van der Waals surface area contributed by atoms with E-state index in [0.29, 0.717) is 0 Å². The number of pyridine rings is 1. The van der Waals surface area contributed by atoms with Crippen molar-refractivity contribution in [2.45, 2.75) is 25.7 Å². The van der Waals surface area contributed by atoms with Crippen LogP contribution in [-0.2, 0) is 0 Å². The van der Waals surface area contributed by atoms with Gasteiger partial charge in [-0.25, -0.2) is 4.52 Å². The van der Waals surface area contributed by atoms with Crippen LogP contribution >= 0.6 is 0 Å². The van der Waals surface area contributed by atoms with Crippen molar-refractivity contribution in [1.82, 2.24) is 19.8 Å². The number of carbonyl (C=O) groups excluding carboxylic acids is 1. The van der Waals surface area contributed by atoms with Crippen molar-refractivity contribution in [3.05, 3.63) is 36.2 Å². The molecule has 5 heteroatoms. The first-order valence-corrected chi connectivity index (χ1v) is 8.75. The van der Waals surface area contributed by atoms with Crippen LogP contribution in [0.15, 0.2) is 30.6 Å². The lowest BCUT2D eigenvalue weighted by molar-refractivity contribution is 0.0644. The molecule has 2 aromatic heterocycles. The molecule has 4 heterocycles. The standard InChI is InChI=1S/C18H24N4O/c23-18(16-13-20-22-10-2-1-3-17(16)22)21-11-6-15(7-12-21)14-4-8-19-9-5-14/h1-3,10,13-15,19H,4-9,11-12H2. The fraction of sp³-hybridized carbons (Fsp3) is 0.556. The Morgan fingerprint density at radius 2 is 1.83 bits per heavy atom. The highest BCUT2D eigenvalue weighted by Gasteiger charge is 2.30. The number of piperidine rings is 2. The van der Waals surface area contributed by atoms with Crippen LogP contribution in [0.5, 0.6) is 0 Å². The number of amides is 1. The minimum Gasteiger partial charge on any atom is -0.339 e. The Kier molecular flexibility index (Phi) is 4.04. The number of nitrogens with one attached hydrogen (secondary N) is 1. The summed E-state index contributed by atoms with van der Waals surface area (Å²) in [5, 5.41) is 7.73. The van der Waals surface area contributed by atoms with Crippen LogP contribution in [0.4, 0.5) is 0 Å². The normalized spacial score (nSPS) is 21.0. The molecule has 0 radical (unpaired) electrons. The maximum absolute atomic E-state index is 12.8. The molecule has 0 bridgehead atoms. The molecule has 2 aliphatic rings. The molecule has 23 heavy (non-hydrogen) atoms. The molecular weight excluding hydrogens is 288 g/mol. The lowest BCUT2D eigenvalue weighted by atomic mass is 9.79. The Hall–Kier alpha value is -1.88. The number of hydrogen-bond acceptors (Lipinski definition) is 3. The number of likely N-dealkylation sites (tertiary alicyclic amines) is 1. The van der Waals surface area contributed by atoms with Crippen molar-refractivity contribution in [3.8, 4) is 0 Å². The molecule has 2 fully saturated rings. The van der Waals surface area contributed by atoms with Gasteiger partial charge in [0.05, 0.1) is 17.3 Å². The maximum Gasteiger partial charge on any atom is 0.257 e. The van der Waals surface area contributed by atoms with Crippen molar-refractivity contribution >= 4 is 11.4 Å². The second-order valence-corrected chi connectivity index (χ2v) is 6.81. The third-order valence-electron chi connectivity index (χ3n) is 5.53. The number of nitrogens with zero attached hydrogens (tertiary/aromatic N) is 3. The van der Waals surface area contributed by atoms with Gasteiger partial charge in [0.25, 0.3) is 5.91 Å². The number of carbonyl (C=O) groups is 1. The van der Waals surface area contributed by atoms with Crippen molar-refractivity contribution in [3.63, 3.8) is 0 Å². The van der Waals surface area contributed by atoms with Gasteiger partial charge in [-0.3, -0.25) is 4.79 Å². The zero-order valence-electron chi connectivity index (χ0n) is 13.4. The fourth-order valence-electron chi connectivity index (χ4n) is 4.16. The van der Waals surface area contributed by atoms with E-state index in [2.05, 4.69) is 10.4 Å². The van der Waals surface area contributed by atoms with Crippen molar-refractivity contribution in [1.29, 1.82) is 0 Å². The quantitative estimate of drug-likeness (QED) is 0.925. The highest BCUT2D eigenvalue weighted by atomic mass is 16.2. The molecule has 0 saturated carbocycles. The van der Waals surface area contributed by atoms with Crippen molar-refractivity contribution in [2.24, 2.45) is 11.8 Å². The second-order valence-electron chi connectivity index (χ2n) is 6.81. The Morgan fingerprint density at radius 1 is 1.09 bits per heavy atom. The number of aromatic nitrogens is 2. The summed E-state index contributed by atoms with van der Waals surface area (Å²) in [6.45, 7) is 4.09. The Labute approximate surface area is 136 Å². The van der Waals surface area contributed by atoms with Gasteiger partial charge in [-0.15, -0.1) is 0 Å². The SMILES string of the molecule is O=C(c1cnn2ccccc12)N1CCC(C2CCNCC2)CC1. The lowest BCUT2D eigenvalue weighted by Crippen LogP contribution is -2.42. The number of hydrogen-bond donors (Lipinski definition) is 1. The van der Waals surface area contributed by atoms with Crippen LogP contribution in [-0.4, -0.2) is 46.6 Å². The van der Waals surface area contributed by atoms with Gasteiger partial charge >= 0.3 is 0 Å². The molecule has 1 amide bonds. The third-order valence-corrected chi connectivity index (χ3v) is 5.53. The zero-order valence-corrected chi connectivity index (χ0v) is 13.4. The zero-order chi connectivity index (χ0) is 15.6. The van der Waals surface area contributed by atoms with Gasteiger partial charge in [0.15, 0.2) is 0 Å². The van der Waals surface area contributed by atoms with Crippen molar-refractivity contribution in [2.75, 3.05) is 26.2 Å². The predicted octanol–water partition coefficient (Wildman–Crippen LogP) is 2.19. The van der Waals surface area contributed by atoms with Gasteiger partial charge < -0.3 is 10.2 Å². The van der Waals surface area contributed by atoms with Gasteiger partial charge in [0, 0.05) is 19.3 Å². The second kappa shape index (κ2) is 6.32. The largest absolute Gasteiger partial charge is 0.339 e. The molecule has 0 unspecified atom stereocenters. The molecule has 0 atom stereocenters. The highest BCUT2D eigenvalue weighted by Crippen LogP contribution is 2.31. The fourth-order valence-corrected chi connectivity index (χ4v) is 4.16. The first-order valence-electron chi connectivity index (χ1n) is 8.75. The topological polar surface area (TPSA) is 49.6 Å². The molecule has 1 N–H and O–H groups in total. The summed E-state index contributed by atoms with van der Waals surface area (Å²) in [7, 11) is 0. The predicted molar refractivity (Wildman–Crippen MR) is 89.4 cm³/mol. The van der Waals surface area contributed by atoms with E-state index >= 15 is 0 Å². The van der Waals surface area contributed by atoms with Crippen LogP contribution in [0, 0.1) is 11.8 Å². The smallest absolute Gasteiger partial charge is 0.257 e. The number of rotatable bonds is 2. The summed E-state index contributed by atoms with van der Waals surface area (Å²) in [6.07, 6.45) is 8.48. The van der Waals surface area contributed by atoms with E-state index in [9.17, 15) is 4.79 Å². The van der Waals surface area contributed by atoms with E-state index in [1.54, 1.807) is 10.7 Å². The van der Waals surface area contributed by atoms with Crippen molar-refractivity contribution < 1.29 is 4.79 Å². The van der Waals surface area contributed by atoms with Crippen LogP contribution < -0.4 is 5.32 Å². The summed E-state index contributed by atoms with van der Waals surface area (Å²) in [5.41, 5.74) is 1.63. The Morgan fingerprint density at radius 3 is 2.61 bits per heavy atom. The van der Waals surface area contributed by atoms with Crippen LogP contribution in [0.3, 0.4) is 0 Å². The molecule has 122 valence electrons. The van der Waals surface area contributed by atoms with Gasteiger partial charge in [0.1, 0.15) is 0 Å². The minimum atomic E-state index is 0.134. The summed E-state index contributed by atoms with van der Waals surface area (Å²) < 4.78 is 1.77. The summed E-state index contributed by atoms with van der Waals surface area (Å²) in [5.74, 6) is 1.78. The van der Waals surface area contributed by atoms with E-state index in [4.69, 9.17) is 0 Å². The summed E-state index contributed by atoms with van der Waals surface area (Å²) >= 11 is 0. The first kappa shape index (κ1) is 14.7. The average Bonchev–Trinajstić information content (AvgIpc) is 3.06. The molecule has 2 aromatic rings. The molecule has 5 nitrogen and oxygen atoms in total. The Bertz CT molecular complexity index is 681. The van der Waals surface area contributed by atoms with E-state index in [-0.39, 0.29) is 5.91 Å².